The number of nitrogens with zero attached hydrogens (tertiary/aromatic N) is 1. The number of alkyl halides is 3. The predicted molar refractivity (Wildman–Crippen MR) is 104 cm³/mol. The van der Waals surface area contributed by atoms with Crippen molar-refractivity contribution in [3.8, 4) is 16.9 Å². The summed E-state index contributed by atoms with van der Waals surface area (Å²) in [7, 11) is 0. The van der Waals surface area contributed by atoms with E-state index in [9.17, 15) is 23.1 Å². The van der Waals surface area contributed by atoms with Crippen molar-refractivity contribution in [2.45, 2.75) is 45.8 Å². The molecule has 0 aliphatic heterocycles. The number of aromatic carboxylic acids is 1. The summed E-state index contributed by atoms with van der Waals surface area (Å²) < 4.78 is 46.5. The van der Waals surface area contributed by atoms with Crippen LogP contribution in [0.4, 0.5) is 13.2 Å². The smallest absolute Gasteiger partial charge is 0.419 e. The molecule has 5 nitrogen and oxygen atoms in total. The minimum atomic E-state index is -4.68. The molecule has 0 saturated carbocycles. The lowest BCUT2D eigenvalue weighted by Crippen LogP contribution is -2.43. The lowest BCUT2D eigenvalue weighted by Gasteiger charge is -2.27. The molecule has 0 saturated heterocycles. The minimum absolute atomic E-state index is 0.0810. The van der Waals surface area contributed by atoms with Crippen LogP contribution in [-0.2, 0) is 6.18 Å². The third kappa shape index (κ3) is 5.69. The molecular weight excluding hydrogens is 385 g/mol. The van der Waals surface area contributed by atoms with Crippen molar-refractivity contribution in [2.75, 3.05) is 6.61 Å². The number of hydrogen-bond donors (Lipinski definition) is 2. The molecule has 1 aromatic heterocycles. The number of ether oxygens (including phenoxy) is 1. The van der Waals surface area contributed by atoms with E-state index >= 15 is 0 Å². The molecule has 0 unspecified atom stereocenters. The summed E-state index contributed by atoms with van der Waals surface area (Å²) in [4.78, 5) is 15.5. The number of halogens is 3. The average Bonchev–Trinajstić information content (AvgIpc) is 2.57. The molecule has 29 heavy (non-hydrogen) atoms. The number of pyridine rings is 1. The molecule has 1 atom stereocenters. The van der Waals surface area contributed by atoms with Crippen LogP contribution in [0.3, 0.4) is 0 Å². The zero-order valence-electron chi connectivity index (χ0n) is 16.8. The number of nitrogens with two attached hydrogens (primary N) is 1. The minimum Gasteiger partial charge on any atom is -0.491 e. The molecule has 0 spiro atoms. The molecule has 0 amide bonds. The summed E-state index contributed by atoms with van der Waals surface area (Å²) in [5.41, 5.74) is 4.72. The van der Waals surface area contributed by atoms with Crippen molar-refractivity contribution in [3.05, 3.63) is 47.3 Å². The van der Waals surface area contributed by atoms with Crippen molar-refractivity contribution in [1.29, 1.82) is 0 Å². The molecule has 2 aromatic rings. The first kappa shape index (κ1) is 22.7. The van der Waals surface area contributed by atoms with E-state index in [4.69, 9.17) is 10.5 Å². The molecule has 0 fully saturated rings. The van der Waals surface area contributed by atoms with Crippen LogP contribution in [0.25, 0.3) is 11.1 Å². The van der Waals surface area contributed by atoms with E-state index in [-0.39, 0.29) is 40.7 Å². The molecule has 0 aliphatic rings. The molecule has 2 rings (SSSR count). The van der Waals surface area contributed by atoms with Gasteiger partial charge in [-0.25, -0.2) is 4.79 Å². The second-order valence-electron chi connectivity index (χ2n) is 7.87. The first-order valence-electron chi connectivity index (χ1n) is 9.14. The van der Waals surface area contributed by atoms with Crippen LogP contribution in [0, 0.1) is 12.8 Å². The van der Waals surface area contributed by atoms with Crippen molar-refractivity contribution in [3.63, 3.8) is 0 Å². The highest BCUT2D eigenvalue weighted by molar-refractivity contribution is 5.97. The van der Waals surface area contributed by atoms with Crippen molar-refractivity contribution in [1.82, 2.24) is 4.98 Å². The van der Waals surface area contributed by atoms with Gasteiger partial charge in [0, 0.05) is 11.7 Å². The molecule has 0 aliphatic carbocycles. The van der Waals surface area contributed by atoms with Crippen LogP contribution >= 0.6 is 0 Å². The Morgan fingerprint density at radius 3 is 2.48 bits per heavy atom. The predicted octanol–water partition coefficient (Wildman–Crippen LogP) is 4.92. The van der Waals surface area contributed by atoms with E-state index in [1.165, 1.54) is 31.3 Å². The highest BCUT2D eigenvalue weighted by atomic mass is 19.4. The maximum Gasteiger partial charge on any atom is 0.419 e. The van der Waals surface area contributed by atoms with Crippen LogP contribution in [0.5, 0.6) is 5.75 Å². The SMILES string of the molecule is Cc1nccc(-c2ccc(OC[C@](C)(N)CC(C)C)c(C(F)(F)F)c2)c1C(=O)O. The van der Waals surface area contributed by atoms with Crippen LogP contribution in [0.15, 0.2) is 30.5 Å². The molecular formula is C21H25F3N2O3. The molecule has 8 heteroatoms. The van der Waals surface area contributed by atoms with E-state index in [1.807, 2.05) is 13.8 Å². The Kier molecular flexibility index (Phi) is 6.57. The summed E-state index contributed by atoms with van der Waals surface area (Å²) in [6.45, 7) is 7.08. The Bertz CT molecular complexity index is 893. The van der Waals surface area contributed by atoms with Crippen LogP contribution in [0.2, 0.25) is 0 Å². The fourth-order valence-corrected chi connectivity index (χ4v) is 3.36. The van der Waals surface area contributed by atoms with Gasteiger partial charge in [0.1, 0.15) is 12.4 Å². The highest BCUT2D eigenvalue weighted by Gasteiger charge is 2.35. The largest absolute Gasteiger partial charge is 0.491 e. The van der Waals surface area contributed by atoms with Gasteiger partial charge in [-0.3, -0.25) is 4.98 Å². The number of carboxylic acid groups (broad SMARTS) is 1. The zero-order chi connectivity index (χ0) is 22.0. The van der Waals surface area contributed by atoms with Crippen LogP contribution < -0.4 is 10.5 Å². The van der Waals surface area contributed by atoms with Gasteiger partial charge in [0.2, 0.25) is 0 Å². The average molecular weight is 410 g/mol. The van der Waals surface area contributed by atoms with E-state index in [2.05, 4.69) is 4.98 Å². The van der Waals surface area contributed by atoms with Gasteiger partial charge in [-0.05, 0) is 55.5 Å². The maximum absolute atomic E-state index is 13.7. The normalized spacial score (nSPS) is 14.0. The topological polar surface area (TPSA) is 85.4 Å². The summed E-state index contributed by atoms with van der Waals surface area (Å²) in [5, 5.41) is 9.44. The van der Waals surface area contributed by atoms with Crippen molar-refractivity contribution >= 4 is 5.97 Å². The van der Waals surface area contributed by atoms with E-state index in [0.717, 1.165) is 6.07 Å². The molecule has 0 bridgehead atoms. The van der Waals surface area contributed by atoms with Gasteiger partial charge in [0.15, 0.2) is 0 Å². The Hall–Kier alpha value is -2.61. The molecule has 158 valence electrons. The van der Waals surface area contributed by atoms with Gasteiger partial charge in [-0.2, -0.15) is 13.2 Å². The van der Waals surface area contributed by atoms with Crippen molar-refractivity contribution in [2.24, 2.45) is 11.7 Å². The van der Waals surface area contributed by atoms with Crippen LogP contribution in [0.1, 0.15) is 48.8 Å². The number of hydrogen-bond acceptors (Lipinski definition) is 4. The fourth-order valence-electron chi connectivity index (χ4n) is 3.36. The van der Waals surface area contributed by atoms with Gasteiger partial charge in [0.25, 0.3) is 0 Å². The van der Waals surface area contributed by atoms with Crippen LogP contribution in [-0.4, -0.2) is 28.2 Å². The summed E-state index contributed by atoms with van der Waals surface area (Å²) in [6.07, 6.45) is -2.73. The van der Waals surface area contributed by atoms with Gasteiger partial charge >= 0.3 is 12.1 Å². The Labute approximate surface area is 167 Å². The molecule has 3 N–H and O–H groups in total. The second-order valence-corrected chi connectivity index (χ2v) is 7.87. The number of carbonyl (C=O) groups is 1. The van der Waals surface area contributed by atoms with E-state index < -0.39 is 23.2 Å². The molecule has 0 radical (unpaired) electrons. The number of rotatable bonds is 7. The number of carboxylic acids is 1. The number of aryl methyl sites for hydroxylation is 1. The van der Waals surface area contributed by atoms with Gasteiger partial charge in [0.05, 0.1) is 16.8 Å². The quantitative estimate of drug-likeness (QED) is 0.677. The third-order valence-electron chi connectivity index (χ3n) is 4.38. The van der Waals surface area contributed by atoms with Crippen molar-refractivity contribution < 1.29 is 27.8 Å². The highest BCUT2D eigenvalue weighted by Crippen LogP contribution is 2.40. The van der Waals surface area contributed by atoms with E-state index in [0.29, 0.717) is 6.42 Å². The Morgan fingerprint density at radius 2 is 1.93 bits per heavy atom. The van der Waals surface area contributed by atoms with E-state index in [1.54, 1.807) is 6.92 Å². The lowest BCUT2D eigenvalue weighted by atomic mass is 9.92. The second kappa shape index (κ2) is 8.41. The molecule has 1 heterocycles. The standard InChI is InChI=1S/C21H25F3N2O3/c1-12(2)10-20(4,25)11-29-17-6-5-14(9-16(17)21(22,23)24)15-7-8-26-13(3)18(15)19(27)28/h5-9,12H,10-11,25H2,1-4H3,(H,27,28)/t20-/m1/s1. The monoisotopic (exact) mass is 410 g/mol. The number of aromatic nitrogens is 1. The van der Waals surface area contributed by atoms with Gasteiger partial charge < -0.3 is 15.6 Å². The number of benzene rings is 1. The van der Waals surface area contributed by atoms with Gasteiger partial charge in [-0.15, -0.1) is 0 Å². The summed E-state index contributed by atoms with van der Waals surface area (Å²) in [6, 6.07) is 4.88. The molecule has 1 aromatic carbocycles. The first-order valence-corrected chi connectivity index (χ1v) is 9.14. The summed E-state index contributed by atoms with van der Waals surface area (Å²) >= 11 is 0. The third-order valence-corrected chi connectivity index (χ3v) is 4.38. The fraction of sp³-hybridized carbons (Fsp3) is 0.429. The Morgan fingerprint density at radius 1 is 1.28 bits per heavy atom. The van der Waals surface area contributed by atoms with Gasteiger partial charge in [-0.1, -0.05) is 19.9 Å². The zero-order valence-corrected chi connectivity index (χ0v) is 16.8. The Balaban J connectivity index is 2.47. The first-order chi connectivity index (χ1) is 13.3. The maximum atomic E-state index is 13.7. The summed E-state index contributed by atoms with van der Waals surface area (Å²) in [5.74, 6) is -1.33. The lowest BCUT2D eigenvalue weighted by molar-refractivity contribution is -0.139.